The van der Waals surface area contributed by atoms with Crippen LogP contribution in [-0.4, -0.2) is 41.2 Å². The van der Waals surface area contributed by atoms with Crippen LogP contribution in [0.5, 0.6) is 0 Å². The Balaban J connectivity index is 1.85. The van der Waals surface area contributed by atoms with Crippen LogP contribution in [-0.2, 0) is 25.7 Å². The molecule has 1 atom stereocenters. The van der Waals surface area contributed by atoms with Gasteiger partial charge in [0.1, 0.15) is 6.04 Å². The Morgan fingerprint density at radius 3 is 2.41 bits per heavy atom. The molecule has 1 aliphatic rings. The van der Waals surface area contributed by atoms with Crippen LogP contribution in [0.1, 0.15) is 55.8 Å². The molecule has 3 amide bonds. The highest BCUT2D eigenvalue weighted by Gasteiger charge is 2.44. The van der Waals surface area contributed by atoms with Gasteiger partial charge in [-0.25, -0.2) is 9.69 Å². The molecule has 1 aliphatic heterocycles. The average molecular weight is 457 g/mol. The summed E-state index contributed by atoms with van der Waals surface area (Å²) in [7, 11) is 0. The molecule has 0 saturated carbocycles. The van der Waals surface area contributed by atoms with E-state index in [1.54, 1.807) is 19.1 Å². The van der Waals surface area contributed by atoms with Crippen LogP contribution >= 0.6 is 11.3 Å². The van der Waals surface area contributed by atoms with Gasteiger partial charge in [0, 0.05) is 11.3 Å². The number of esters is 1. The molecule has 1 fully saturated rings. The summed E-state index contributed by atoms with van der Waals surface area (Å²) in [5, 5.41) is 1.92. The van der Waals surface area contributed by atoms with Crippen molar-refractivity contribution in [1.29, 1.82) is 0 Å². The van der Waals surface area contributed by atoms with Crippen LogP contribution in [0.25, 0.3) is 0 Å². The van der Waals surface area contributed by atoms with Crippen molar-refractivity contribution >= 4 is 40.7 Å². The van der Waals surface area contributed by atoms with Gasteiger partial charge >= 0.3 is 5.97 Å². The SMILES string of the molecule is CCOC(=O)c1ccc(N2C(=O)CC(N(Cc3cccs3)C(=O)CC(C)(C)C)C2=O)cc1. The lowest BCUT2D eigenvalue weighted by atomic mass is 9.91. The van der Waals surface area contributed by atoms with Gasteiger partial charge in [-0.1, -0.05) is 26.8 Å². The lowest BCUT2D eigenvalue weighted by molar-refractivity contribution is -0.140. The molecule has 1 saturated heterocycles. The zero-order valence-corrected chi connectivity index (χ0v) is 19.6. The molecule has 0 aliphatic carbocycles. The summed E-state index contributed by atoms with van der Waals surface area (Å²) in [6.07, 6.45) is 0.199. The highest BCUT2D eigenvalue weighted by molar-refractivity contribution is 7.09. The number of hydrogen-bond acceptors (Lipinski definition) is 6. The van der Waals surface area contributed by atoms with E-state index in [4.69, 9.17) is 4.74 Å². The van der Waals surface area contributed by atoms with Gasteiger partial charge in [-0.2, -0.15) is 0 Å². The van der Waals surface area contributed by atoms with Crippen LogP contribution in [0.4, 0.5) is 5.69 Å². The van der Waals surface area contributed by atoms with Crippen LogP contribution in [0, 0.1) is 5.41 Å². The van der Waals surface area contributed by atoms with Gasteiger partial charge in [-0.3, -0.25) is 14.4 Å². The molecular formula is C24H28N2O5S. The standard InChI is InChI=1S/C24H28N2O5S/c1-5-31-23(30)16-8-10-17(11-9-16)26-20(27)13-19(22(26)29)25(15-18-7-6-12-32-18)21(28)14-24(2,3)4/h6-12,19H,5,13-15H2,1-4H3. The Morgan fingerprint density at radius 1 is 1.16 bits per heavy atom. The quantitative estimate of drug-likeness (QED) is 0.464. The van der Waals surface area contributed by atoms with Crippen LogP contribution in [0.3, 0.4) is 0 Å². The fourth-order valence-corrected chi connectivity index (χ4v) is 4.29. The molecule has 0 N–H and O–H groups in total. The molecule has 8 heteroatoms. The second-order valence-corrected chi connectivity index (χ2v) is 9.93. The molecule has 0 bridgehead atoms. The van der Waals surface area contributed by atoms with Crippen molar-refractivity contribution in [2.24, 2.45) is 5.41 Å². The van der Waals surface area contributed by atoms with Crippen LogP contribution < -0.4 is 4.90 Å². The molecule has 1 aromatic carbocycles. The van der Waals surface area contributed by atoms with E-state index in [-0.39, 0.29) is 43.2 Å². The predicted molar refractivity (Wildman–Crippen MR) is 122 cm³/mol. The molecule has 3 rings (SSSR count). The van der Waals surface area contributed by atoms with E-state index in [1.807, 2.05) is 38.3 Å². The van der Waals surface area contributed by atoms with E-state index in [1.165, 1.54) is 28.4 Å². The van der Waals surface area contributed by atoms with Gasteiger partial charge in [0.05, 0.1) is 30.8 Å². The van der Waals surface area contributed by atoms with Crippen molar-refractivity contribution in [1.82, 2.24) is 4.90 Å². The minimum atomic E-state index is -0.857. The third-order valence-corrected chi connectivity index (χ3v) is 5.91. The highest BCUT2D eigenvalue weighted by Crippen LogP contribution is 2.30. The lowest BCUT2D eigenvalue weighted by Gasteiger charge is -2.30. The molecule has 1 aromatic heterocycles. The van der Waals surface area contributed by atoms with Gasteiger partial charge in [-0.05, 0) is 48.1 Å². The van der Waals surface area contributed by atoms with Gasteiger partial charge < -0.3 is 9.64 Å². The largest absolute Gasteiger partial charge is 0.462 e. The van der Waals surface area contributed by atoms with E-state index in [0.717, 1.165) is 9.78 Å². The maximum absolute atomic E-state index is 13.3. The van der Waals surface area contributed by atoms with Crippen molar-refractivity contribution in [2.45, 2.75) is 53.1 Å². The smallest absolute Gasteiger partial charge is 0.338 e. The number of nitrogens with zero attached hydrogens (tertiary/aromatic N) is 2. The van der Waals surface area contributed by atoms with Gasteiger partial charge in [-0.15, -0.1) is 11.3 Å². The summed E-state index contributed by atoms with van der Waals surface area (Å²) < 4.78 is 4.97. The molecule has 7 nitrogen and oxygen atoms in total. The molecular weight excluding hydrogens is 428 g/mol. The van der Waals surface area contributed by atoms with Gasteiger partial charge in [0.15, 0.2) is 0 Å². The number of carbonyl (C=O) groups excluding carboxylic acids is 4. The molecule has 2 heterocycles. The Morgan fingerprint density at radius 2 is 1.84 bits per heavy atom. The summed E-state index contributed by atoms with van der Waals surface area (Å²) in [6, 6.07) is 9.09. The topological polar surface area (TPSA) is 84.0 Å². The number of hydrogen-bond donors (Lipinski definition) is 0. The maximum Gasteiger partial charge on any atom is 0.338 e. The van der Waals surface area contributed by atoms with E-state index in [0.29, 0.717) is 11.3 Å². The number of carbonyl (C=O) groups is 4. The summed E-state index contributed by atoms with van der Waals surface area (Å²) in [6.45, 7) is 8.16. The van der Waals surface area contributed by atoms with Crippen molar-refractivity contribution < 1.29 is 23.9 Å². The molecule has 0 radical (unpaired) electrons. The first kappa shape index (κ1) is 23.7. The average Bonchev–Trinajstić information content (AvgIpc) is 3.32. The zero-order chi connectivity index (χ0) is 23.5. The van der Waals surface area contributed by atoms with Crippen molar-refractivity contribution in [3.63, 3.8) is 0 Å². The van der Waals surface area contributed by atoms with E-state index >= 15 is 0 Å². The molecule has 170 valence electrons. The number of amides is 3. The third-order valence-electron chi connectivity index (χ3n) is 5.04. The van der Waals surface area contributed by atoms with Crippen LogP contribution in [0.2, 0.25) is 0 Å². The Labute approximate surface area is 192 Å². The number of thiophene rings is 1. The van der Waals surface area contributed by atoms with Gasteiger partial charge in [0.2, 0.25) is 11.8 Å². The van der Waals surface area contributed by atoms with E-state index in [9.17, 15) is 19.2 Å². The maximum atomic E-state index is 13.3. The Bertz CT molecular complexity index is 992. The summed E-state index contributed by atoms with van der Waals surface area (Å²) >= 11 is 1.51. The second-order valence-electron chi connectivity index (χ2n) is 8.89. The first-order valence-electron chi connectivity index (χ1n) is 10.6. The summed E-state index contributed by atoms with van der Waals surface area (Å²) in [5.74, 6) is -1.43. The first-order chi connectivity index (χ1) is 15.1. The molecule has 32 heavy (non-hydrogen) atoms. The minimum Gasteiger partial charge on any atom is -0.462 e. The van der Waals surface area contributed by atoms with Crippen LogP contribution in [0.15, 0.2) is 41.8 Å². The highest BCUT2D eigenvalue weighted by atomic mass is 32.1. The lowest BCUT2D eigenvalue weighted by Crippen LogP contribution is -2.45. The predicted octanol–water partition coefficient (Wildman–Crippen LogP) is 4.02. The number of imide groups is 1. The number of rotatable bonds is 7. The Kier molecular flexibility index (Phi) is 7.13. The van der Waals surface area contributed by atoms with E-state index < -0.39 is 17.9 Å². The summed E-state index contributed by atoms with van der Waals surface area (Å²) in [4.78, 5) is 54.7. The van der Waals surface area contributed by atoms with Gasteiger partial charge in [0.25, 0.3) is 5.91 Å². The van der Waals surface area contributed by atoms with Crippen molar-refractivity contribution in [3.05, 3.63) is 52.2 Å². The zero-order valence-electron chi connectivity index (χ0n) is 18.8. The normalized spacial score (nSPS) is 16.4. The fourth-order valence-electron chi connectivity index (χ4n) is 3.59. The third kappa shape index (κ3) is 5.43. The monoisotopic (exact) mass is 456 g/mol. The van der Waals surface area contributed by atoms with Crippen molar-refractivity contribution in [2.75, 3.05) is 11.5 Å². The molecule has 0 spiro atoms. The number of benzene rings is 1. The minimum absolute atomic E-state index is 0.0697. The van der Waals surface area contributed by atoms with E-state index in [2.05, 4.69) is 0 Å². The summed E-state index contributed by atoms with van der Waals surface area (Å²) in [5.41, 5.74) is 0.458. The fraction of sp³-hybridized carbons (Fsp3) is 0.417. The molecule has 1 unspecified atom stereocenters. The first-order valence-corrected chi connectivity index (χ1v) is 11.4. The molecule has 2 aromatic rings. The number of ether oxygens (including phenoxy) is 1. The Hall–Kier alpha value is -3.00. The number of anilines is 1. The second kappa shape index (κ2) is 9.65. The van der Waals surface area contributed by atoms with Crippen molar-refractivity contribution in [3.8, 4) is 0 Å².